The third kappa shape index (κ3) is 2.66. The lowest BCUT2D eigenvalue weighted by Crippen LogP contribution is -2.07. The second-order valence-electron chi connectivity index (χ2n) is 3.81. The molecule has 8 heteroatoms. The van der Waals surface area contributed by atoms with Gasteiger partial charge >= 0.3 is 0 Å². The third-order valence-corrected chi connectivity index (χ3v) is 2.57. The van der Waals surface area contributed by atoms with Gasteiger partial charge in [-0.3, -0.25) is 10.1 Å². The lowest BCUT2D eigenvalue weighted by Gasteiger charge is -2.06. The van der Waals surface area contributed by atoms with Crippen LogP contribution in [0.1, 0.15) is 11.4 Å². The van der Waals surface area contributed by atoms with Crippen LogP contribution in [-0.2, 0) is 13.6 Å². The van der Waals surface area contributed by atoms with E-state index in [2.05, 4.69) is 15.5 Å². The molecule has 1 aromatic heterocycles. The first kappa shape index (κ1) is 12.5. The van der Waals surface area contributed by atoms with Gasteiger partial charge in [-0.15, -0.1) is 10.2 Å². The van der Waals surface area contributed by atoms with Crippen molar-refractivity contribution >= 4 is 11.4 Å². The van der Waals surface area contributed by atoms with Gasteiger partial charge in [-0.25, -0.2) is 0 Å². The molecule has 8 nitrogen and oxygen atoms in total. The Hall–Kier alpha value is -2.95. The number of aromatic nitrogens is 3. The maximum absolute atomic E-state index is 10.9. The number of hydrogen-bond acceptors (Lipinski definition) is 6. The smallest absolute Gasteiger partial charge is 0.293 e. The minimum atomic E-state index is -0.528. The highest BCUT2D eigenvalue weighted by molar-refractivity contribution is 5.63. The molecule has 0 unspecified atom stereocenters. The van der Waals surface area contributed by atoms with Crippen LogP contribution < -0.4 is 5.32 Å². The number of hydrogen-bond donors (Lipinski definition) is 1. The van der Waals surface area contributed by atoms with Crippen LogP contribution in [-0.4, -0.2) is 19.7 Å². The molecule has 0 saturated heterocycles. The number of nitriles is 1. The summed E-state index contributed by atoms with van der Waals surface area (Å²) in [6.07, 6.45) is 1.55. The van der Waals surface area contributed by atoms with Gasteiger partial charge in [0, 0.05) is 13.1 Å². The average molecular weight is 258 g/mol. The van der Waals surface area contributed by atoms with Gasteiger partial charge in [0.2, 0.25) is 0 Å². The summed E-state index contributed by atoms with van der Waals surface area (Å²) in [5.74, 6) is 0.652. The fourth-order valence-electron chi connectivity index (χ4n) is 1.54. The van der Waals surface area contributed by atoms with Crippen LogP contribution in [0.3, 0.4) is 0 Å². The second kappa shape index (κ2) is 5.14. The molecule has 0 atom stereocenters. The minimum Gasteiger partial charge on any atom is -0.372 e. The van der Waals surface area contributed by atoms with E-state index in [4.69, 9.17) is 5.26 Å². The van der Waals surface area contributed by atoms with Gasteiger partial charge in [-0.05, 0) is 12.1 Å². The highest BCUT2D eigenvalue weighted by atomic mass is 16.6. The molecule has 0 fully saturated rings. The van der Waals surface area contributed by atoms with Gasteiger partial charge in [0.15, 0.2) is 5.82 Å². The maximum Gasteiger partial charge on any atom is 0.293 e. The van der Waals surface area contributed by atoms with Gasteiger partial charge in [0.05, 0.1) is 23.1 Å². The van der Waals surface area contributed by atoms with Gasteiger partial charge in [-0.2, -0.15) is 5.26 Å². The number of nitro benzene ring substituents is 1. The number of nitrogens with one attached hydrogen (secondary N) is 1. The van der Waals surface area contributed by atoms with E-state index in [1.165, 1.54) is 18.2 Å². The van der Waals surface area contributed by atoms with Crippen molar-refractivity contribution in [1.82, 2.24) is 14.8 Å². The zero-order chi connectivity index (χ0) is 13.8. The van der Waals surface area contributed by atoms with Crippen molar-refractivity contribution in [3.05, 3.63) is 46.0 Å². The third-order valence-electron chi connectivity index (χ3n) is 2.57. The van der Waals surface area contributed by atoms with Crippen molar-refractivity contribution in [3.63, 3.8) is 0 Å². The summed E-state index contributed by atoms with van der Waals surface area (Å²) in [5, 5.41) is 30.2. The quantitative estimate of drug-likeness (QED) is 0.651. The first-order valence-electron chi connectivity index (χ1n) is 5.37. The Morgan fingerprint density at radius 2 is 2.37 bits per heavy atom. The van der Waals surface area contributed by atoms with Crippen molar-refractivity contribution in [2.75, 3.05) is 5.32 Å². The molecule has 0 aliphatic heterocycles. The maximum atomic E-state index is 10.9. The monoisotopic (exact) mass is 258 g/mol. The van der Waals surface area contributed by atoms with Crippen molar-refractivity contribution in [2.45, 2.75) is 6.54 Å². The van der Waals surface area contributed by atoms with Crippen molar-refractivity contribution < 1.29 is 4.92 Å². The molecule has 0 bridgehead atoms. The van der Waals surface area contributed by atoms with Gasteiger partial charge in [0.1, 0.15) is 12.0 Å². The molecule has 2 rings (SSSR count). The molecule has 0 aliphatic rings. The highest BCUT2D eigenvalue weighted by Crippen LogP contribution is 2.25. The standard InChI is InChI=1S/C11H10N6O2/c1-16-7-14-15-11(16)6-13-9-3-2-8(5-12)4-10(9)17(18)19/h2-4,7,13H,6H2,1H3. The Bertz CT molecular complexity index is 657. The minimum absolute atomic E-state index is 0.138. The SMILES string of the molecule is Cn1cnnc1CNc1ccc(C#N)cc1[N+](=O)[O-]. The Kier molecular flexibility index (Phi) is 3.38. The van der Waals surface area contributed by atoms with Crippen molar-refractivity contribution in [2.24, 2.45) is 7.05 Å². The predicted octanol–water partition coefficient (Wildman–Crippen LogP) is 1.21. The molecular formula is C11H10N6O2. The largest absolute Gasteiger partial charge is 0.372 e. The lowest BCUT2D eigenvalue weighted by molar-refractivity contribution is -0.384. The van der Waals surface area contributed by atoms with Crippen LogP contribution in [0.5, 0.6) is 0 Å². The fraction of sp³-hybridized carbons (Fsp3) is 0.182. The molecule has 0 aliphatic carbocycles. The van der Waals surface area contributed by atoms with E-state index >= 15 is 0 Å². The van der Waals surface area contributed by atoms with Crippen LogP contribution in [0.15, 0.2) is 24.5 Å². The lowest BCUT2D eigenvalue weighted by atomic mass is 10.2. The predicted molar refractivity (Wildman–Crippen MR) is 66.1 cm³/mol. The van der Waals surface area contributed by atoms with E-state index in [0.29, 0.717) is 18.1 Å². The van der Waals surface area contributed by atoms with E-state index < -0.39 is 4.92 Å². The summed E-state index contributed by atoms with van der Waals surface area (Å²) in [4.78, 5) is 10.4. The van der Waals surface area contributed by atoms with Gasteiger partial charge in [0.25, 0.3) is 5.69 Å². The molecule has 1 aromatic carbocycles. The molecule has 0 radical (unpaired) electrons. The summed E-state index contributed by atoms with van der Waals surface area (Å²) in [6, 6.07) is 6.13. The number of anilines is 1. The van der Waals surface area contributed by atoms with E-state index in [-0.39, 0.29) is 11.3 Å². The van der Waals surface area contributed by atoms with Crippen LogP contribution in [0.25, 0.3) is 0 Å². The normalized spacial score (nSPS) is 9.89. The summed E-state index contributed by atoms with van der Waals surface area (Å²) in [6.45, 7) is 0.309. The summed E-state index contributed by atoms with van der Waals surface area (Å²) < 4.78 is 1.71. The highest BCUT2D eigenvalue weighted by Gasteiger charge is 2.15. The average Bonchev–Trinajstić information content (AvgIpc) is 2.81. The van der Waals surface area contributed by atoms with Gasteiger partial charge in [-0.1, -0.05) is 0 Å². The molecule has 0 amide bonds. The molecule has 0 saturated carbocycles. The van der Waals surface area contributed by atoms with Crippen LogP contribution in [0, 0.1) is 21.4 Å². The zero-order valence-corrected chi connectivity index (χ0v) is 10.1. The van der Waals surface area contributed by atoms with Crippen molar-refractivity contribution in [3.8, 4) is 6.07 Å². The molecule has 2 aromatic rings. The topological polar surface area (TPSA) is 110 Å². The number of aryl methyl sites for hydroxylation is 1. The van der Waals surface area contributed by atoms with Crippen molar-refractivity contribution in [1.29, 1.82) is 5.26 Å². The Morgan fingerprint density at radius 1 is 1.58 bits per heavy atom. The Balaban J connectivity index is 2.23. The molecule has 19 heavy (non-hydrogen) atoms. The number of nitrogens with zero attached hydrogens (tertiary/aromatic N) is 5. The summed E-state index contributed by atoms with van der Waals surface area (Å²) >= 11 is 0. The van der Waals surface area contributed by atoms with E-state index in [1.807, 2.05) is 6.07 Å². The Morgan fingerprint density at radius 3 is 2.95 bits per heavy atom. The van der Waals surface area contributed by atoms with E-state index in [0.717, 1.165) is 0 Å². The first-order chi connectivity index (χ1) is 9.11. The van der Waals surface area contributed by atoms with Crippen LogP contribution in [0.2, 0.25) is 0 Å². The Labute approximate surface area is 108 Å². The first-order valence-corrected chi connectivity index (χ1v) is 5.37. The van der Waals surface area contributed by atoms with Gasteiger partial charge < -0.3 is 9.88 Å². The molecule has 1 N–H and O–H groups in total. The van der Waals surface area contributed by atoms with E-state index in [9.17, 15) is 10.1 Å². The zero-order valence-electron chi connectivity index (χ0n) is 10.1. The second-order valence-corrected chi connectivity index (χ2v) is 3.81. The van der Waals surface area contributed by atoms with Crippen LogP contribution in [0.4, 0.5) is 11.4 Å². The van der Waals surface area contributed by atoms with E-state index in [1.54, 1.807) is 17.9 Å². The molecule has 1 heterocycles. The summed E-state index contributed by atoms with van der Waals surface area (Å²) in [7, 11) is 1.78. The number of rotatable bonds is 4. The number of benzene rings is 1. The fourth-order valence-corrected chi connectivity index (χ4v) is 1.54. The van der Waals surface area contributed by atoms with Crippen LogP contribution >= 0.6 is 0 Å². The summed E-state index contributed by atoms with van der Waals surface area (Å²) in [5.41, 5.74) is 0.448. The molecule has 96 valence electrons. The number of nitro groups is 1. The molecule has 0 spiro atoms. The molecular weight excluding hydrogens is 248 g/mol.